The summed E-state index contributed by atoms with van der Waals surface area (Å²) in [7, 11) is 0. The second-order valence-electron chi connectivity index (χ2n) is 4.72. The Labute approximate surface area is 80.7 Å². The molecular weight excluding hydrogens is 164 g/mol. The van der Waals surface area contributed by atoms with Gasteiger partial charge < -0.3 is 4.74 Å². The molecule has 1 fully saturated rings. The standard InChI is InChI=1S/C11H19O2/c1-11(2,3)13-10(12)8-9-6-4-5-7-9/h4-8H2,1-3H3. The van der Waals surface area contributed by atoms with Gasteiger partial charge in [-0.2, -0.15) is 0 Å². The third-order valence-corrected chi connectivity index (χ3v) is 2.13. The average Bonchev–Trinajstić information content (AvgIpc) is 2.34. The minimum atomic E-state index is -0.337. The van der Waals surface area contributed by atoms with Crippen LogP contribution in [-0.4, -0.2) is 11.6 Å². The lowest BCUT2D eigenvalue weighted by Crippen LogP contribution is -2.24. The van der Waals surface area contributed by atoms with Crippen LogP contribution in [0.5, 0.6) is 0 Å². The van der Waals surface area contributed by atoms with E-state index in [1.165, 1.54) is 18.8 Å². The Hall–Kier alpha value is -0.530. The van der Waals surface area contributed by atoms with Crippen LogP contribution < -0.4 is 0 Å². The molecule has 0 amide bonds. The molecule has 0 aliphatic heterocycles. The third kappa shape index (κ3) is 4.30. The molecule has 0 heterocycles. The van der Waals surface area contributed by atoms with E-state index in [0.717, 1.165) is 12.8 Å². The Morgan fingerprint density at radius 2 is 1.85 bits per heavy atom. The minimum Gasteiger partial charge on any atom is -0.460 e. The van der Waals surface area contributed by atoms with Gasteiger partial charge in [0.05, 0.1) is 6.42 Å². The first-order chi connectivity index (χ1) is 5.97. The van der Waals surface area contributed by atoms with Crippen molar-refractivity contribution in [3.05, 3.63) is 5.92 Å². The molecule has 2 nitrogen and oxygen atoms in total. The summed E-state index contributed by atoms with van der Waals surface area (Å²) >= 11 is 0. The summed E-state index contributed by atoms with van der Waals surface area (Å²) in [6.45, 7) is 5.72. The van der Waals surface area contributed by atoms with Gasteiger partial charge in [-0.15, -0.1) is 0 Å². The van der Waals surface area contributed by atoms with Crippen molar-refractivity contribution in [3.8, 4) is 0 Å². The summed E-state index contributed by atoms with van der Waals surface area (Å²) in [6, 6.07) is 0. The quantitative estimate of drug-likeness (QED) is 0.615. The number of ether oxygens (including phenoxy) is 1. The first-order valence-corrected chi connectivity index (χ1v) is 5.03. The number of carbonyl (C=O) groups is 1. The Balaban J connectivity index is 2.24. The van der Waals surface area contributed by atoms with Gasteiger partial charge in [-0.3, -0.25) is 4.79 Å². The van der Waals surface area contributed by atoms with Crippen LogP contribution in [0, 0.1) is 5.92 Å². The number of hydrogen-bond acceptors (Lipinski definition) is 2. The average molecular weight is 183 g/mol. The molecule has 0 aromatic heterocycles. The molecule has 0 aromatic rings. The van der Waals surface area contributed by atoms with E-state index in [-0.39, 0.29) is 11.6 Å². The summed E-state index contributed by atoms with van der Waals surface area (Å²) < 4.78 is 5.24. The number of carbonyl (C=O) groups excluding carboxylic acids is 1. The van der Waals surface area contributed by atoms with Gasteiger partial charge in [-0.1, -0.05) is 12.8 Å². The maximum absolute atomic E-state index is 11.4. The van der Waals surface area contributed by atoms with Crippen molar-refractivity contribution in [2.45, 2.75) is 58.5 Å². The maximum Gasteiger partial charge on any atom is 0.306 e. The maximum atomic E-state index is 11.4. The zero-order chi connectivity index (χ0) is 9.90. The lowest BCUT2D eigenvalue weighted by atomic mass is 10.0. The molecule has 0 aromatic carbocycles. The Kier molecular flexibility index (Phi) is 3.34. The van der Waals surface area contributed by atoms with E-state index >= 15 is 0 Å². The first-order valence-electron chi connectivity index (χ1n) is 5.03. The monoisotopic (exact) mass is 183 g/mol. The van der Waals surface area contributed by atoms with Crippen LogP contribution in [0.4, 0.5) is 0 Å². The van der Waals surface area contributed by atoms with Crippen molar-refractivity contribution < 1.29 is 9.53 Å². The molecule has 1 aliphatic rings. The lowest BCUT2D eigenvalue weighted by Gasteiger charge is -2.20. The van der Waals surface area contributed by atoms with E-state index < -0.39 is 0 Å². The Bertz CT molecular complexity index is 173. The molecule has 0 bridgehead atoms. The van der Waals surface area contributed by atoms with Crippen LogP contribution in [0.15, 0.2) is 0 Å². The van der Waals surface area contributed by atoms with Crippen LogP contribution in [0.1, 0.15) is 52.9 Å². The van der Waals surface area contributed by atoms with Crippen molar-refractivity contribution in [2.24, 2.45) is 0 Å². The highest BCUT2D eigenvalue weighted by Crippen LogP contribution is 2.30. The number of hydrogen-bond donors (Lipinski definition) is 0. The number of rotatable bonds is 2. The largest absolute Gasteiger partial charge is 0.460 e. The van der Waals surface area contributed by atoms with Gasteiger partial charge in [0, 0.05) is 0 Å². The molecule has 0 atom stereocenters. The first kappa shape index (κ1) is 10.6. The zero-order valence-corrected chi connectivity index (χ0v) is 8.85. The van der Waals surface area contributed by atoms with Gasteiger partial charge in [0.15, 0.2) is 0 Å². The molecule has 0 spiro atoms. The Morgan fingerprint density at radius 1 is 1.31 bits per heavy atom. The summed E-state index contributed by atoms with van der Waals surface area (Å²) in [4.78, 5) is 11.4. The van der Waals surface area contributed by atoms with Crippen LogP contribution in [0.3, 0.4) is 0 Å². The highest BCUT2D eigenvalue weighted by Gasteiger charge is 2.22. The van der Waals surface area contributed by atoms with Gasteiger partial charge in [0.1, 0.15) is 5.60 Å². The molecule has 0 N–H and O–H groups in total. The van der Waals surface area contributed by atoms with Crippen LogP contribution >= 0.6 is 0 Å². The van der Waals surface area contributed by atoms with Gasteiger partial charge >= 0.3 is 5.97 Å². The molecule has 1 saturated carbocycles. The summed E-state index contributed by atoms with van der Waals surface area (Å²) in [5, 5.41) is 0. The second-order valence-corrected chi connectivity index (χ2v) is 4.72. The van der Waals surface area contributed by atoms with E-state index in [2.05, 4.69) is 0 Å². The molecule has 0 unspecified atom stereocenters. The summed E-state index contributed by atoms with van der Waals surface area (Å²) in [5.41, 5.74) is -0.337. The van der Waals surface area contributed by atoms with Crippen LogP contribution in [-0.2, 0) is 9.53 Å². The second kappa shape index (κ2) is 4.12. The van der Waals surface area contributed by atoms with Crippen molar-refractivity contribution in [1.82, 2.24) is 0 Å². The molecule has 75 valence electrons. The molecule has 13 heavy (non-hydrogen) atoms. The third-order valence-electron chi connectivity index (χ3n) is 2.13. The fourth-order valence-electron chi connectivity index (χ4n) is 1.63. The van der Waals surface area contributed by atoms with Crippen LogP contribution in [0.25, 0.3) is 0 Å². The molecule has 2 heteroatoms. The molecule has 1 aliphatic carbocycles. The SMILES string of the molecule is CC(C)(C)OC(=O)C[C]1CCCC1. The molecule has 0 saturated heterocycles. The highest BCUT2D eigenvalue weighted by molar-refractivity contribution is 5.72. The fraction of sp³-hybridized carbons (Fsp3) is 0.818. The van der Waals surface area contributed by atoms with Gasteiger partial charge in [0.2, 0.25) is 0 Å². The number of esters is 1. The van der Waals surface area contributed by atoms with Crippen LogP contribution in [0.2, 0.25) is 0 Å². The minimum absolute atomic E-state index is 0.0654. The lowest BCUT2D eigenvalue weighted by molar-refractivity contribution is -0.154. The van der Waals surface area contributed by atoms with Gasteiger partial charge in [0.25, 0.3) is 0 Å². The molecular formula is C11H19O2. The topological polar surface area (TPSA) is 26.3 Å². The van der Waals surface area contributed by atoms with Crippen molar-refractivity contribution >= 4 is 5.97 Å². The normalized spacial score (nSPS) is 19.0. The van der Waals surface area contributed by atoms with Crippen molar-refractivity contribution in [1.29, 1.82) is 0 Å². The van der Waals surface area contributed by atoms with E-state index in [0.29, 0.717) is 6.42 Å². The summed E-state index contributed by atoms with van der Waals surface area (Å²) in [5.74, 6) is 1.30. The van der Waals surface area contributed by atoms with Crippen molar-refractivity contribution in [3.63, 3.8) is 0 Å². The summed E-state index contributed by atoms with van der Waals surface area (Å²) in [6.07, 6.45) is 5.28. The van der Waals surface area contributed by atoms with Crippen molar-refractivity contribution in [2.75, 3.05) is 0 Å². The zero-order valence-electron chi connectivity index (χ0n) is 8.85. The Morgan fingerprint density at radius 3 is 2.31 bits per heavy atom. The predicted molar refractivity (Wildman–Crippen MR) is 52.2 cm³/mol. The van der Waals surface area contributed by atoms with Gasteiger partial charge in [-0.25, -0.2) is 0 Å². The van der Waals surface area contributed by atoms with E-state index in [1.54, 1.807) is 0 Å². The molecule has 1 rings (SSSR count). The van der Waals surface area contributed by atoms with E-state index in [1.807, 2.05) is 20.8 Å². The highest BCUT2D eigenvalue weighted by atomic mass is 16.6. The van der Waals surface area contributed by atoms with E-state index in [9.17, 15) is 4.79 Å². The fourth-order valence-corrected chi connectivity index (χ4v) is 1.63. The predicted octanol–water partition coefficient (Wildman–Crippen LogP) is 2.87. The van der Waals surface area contributed by atoms with E-state index in [4.69, 9.17) is 4.74 Å². The smallest absolute Gasteiger partial charge is 0.306 e. The molecule has 1 radical (unpaired) electrons. The van der Waals surface area contributed by atoms with Gasteiger partial charge in [-0.05, 0) is 39.5 Å².